The normalized spacial score (nSPS) is 5.50. The Morgan fingerprint density at radius 1 is 1.83 bits per heavy atom. The smallest absolute Gasteiger partial charge is 0.0654 e. The van der Waals surface area contributed by atoms with Gasteiger partial charge in [-0.1, -0.05) is 6.58 Å². The minimum absolute atomic E-state index is 0.866. The Balaban J connectivity index is 3.50. The summed E-state index contributed by atoms with van der Waals surface area (Å²) in [5.74, 6) is 5.12. The van der Waals surface area contributed by atoms with Crippen LogP contribution in [0.1, 0.15) is 6.92 Å². The molecule has 0 unspecified atom stereocenters. The van der Waals surface area contributed by atoms with E-state index in [1.165, 1.54) is 0 Å². The van der Waals surface area contributed by atoms with Gasteiger partial charge in [0.05, 0.1) is 12.5 Å². The van der Waals surface area contributed by atoms with E-state index in [0.29, 0.717) is 0 Å². The first-order chi connectivity index (χ1) is 2.77. The van der Waals surface area contributed by atoms with Crippen LogP contribution >= 0.6 is 0 Å². The minimum Gasteiger partial charge on any atom is -0.0654 e. The Morgan fingerprint density at radius 3 is 2.33 bits per heavy atom. The lowest BCUT2D eigenvalue weighted by Gasteiger charge is -1.57. The number of allylic oxidation sites excluding steroid dienone is 1. The summed E-state index contributed by atoms with van der Waals surface area (Å²) in [5.41, 5.74) is 0.866. The molecule has 0 rings (SSSR count). The van der Waals surface area contributed by atoms with Crippen LogP contribution in [-0.4, -0.2) is 0 Å². The van der Waals surface area contributed by atoms with E-state index in [4.69, 9.17) is 0 Å². The summed E-state index contributed by atoms with van der Waals surface area (Å²) < 4.78 is 0. The van der Waals surface area contributed by atoms with Gasteiger partial charge >= 0.3 is 0 Å². The van der Waals surface area contributed by atoms with Crippen molar-refractivity contribution in [2.24, 2.45) is 0 Å². The first-order valence-corrected chi connectivity index (χ1v) is 1.71. The lowest BCUT2D eigenvalue weighted by atomic mass is 10.4. The predicted octanol–water partition coefficient (Wildman–Crippen LogP) is 1.40. The van der Waals surface area contributed by atoms with Crippen LogP contribution in [0.3, 0.4) is 0 Å². The molecule has 0 spiro atoms. The Hall–Kier alpha value is -0.830. The molecule has 0 heteroatoms. The van der Waals surface area contributed by atoms with E-state index in [9.17, 15) is 0 Å². The molecule has 0 heterocycles. The number of rotatable bonds is 0. The first-order valence-electron chi connectivity index (χ1n) is 1.71. The van der Waals surface area contributed by atoms with Crippen LogP contribution in [0.4, 0.5) is 0 Å². The molecule has 0 N–H and O–H groups in total. The summed E-state index contributed by atoms with van der Waals surface area (Å²) in [5, 5.41) is 0. The molecule has 0 radical (unpaired) electrons. The summed E-state index contributed by atoms with van der Waals surface area (Å²) >= 11 is 0. The topological polar surface area (TPSA) is 0 Å². The highest BCUT2D eigenvalue weighted by Crippen LogP contribution is 1.76. The molecular weight excluding hydrogens is 72.1 g/mol. The van der Waals surface area contributed by atoms with Crippen LogP contribution in [0.15, 0.2) is 12.2 Å². The van der Waals surface area contributed by atoms with E-state index in [1.54, 1.807) is 0 Å². The standard InChI is InChI=1S/C6H7/c1-4-5-6(2)3/h1-2H2,3H3/q+1. The van der Waals surface area contributed by atoms with Crippen molar-refractivity contribution in [1.29, 1.82) is 0 Å². The summed E-state index contributed by atoms with van der Waals surface area (Å²) in [7, 11) is 0. The highest BCUT2D eigenvalue weighted by atomic mass is 13.7. The van der Waals surface area contributed by atoms with Crippen LogP contribution in [0.2, 0.25) is 0 Å². The number of hydrogen-bond acceptors (Lipinski definition) is 0. The zero-order chi connectivity index (χ0) is 4.99. The van der Waals surface area contributed by atoms with Gasteiger partial charge in [0.15, 0.2) is 5.92 Å². The summed E-state index contributed by atoms with van der Waals surface area (Å²) in [6.45, 7) is 8.68. The van der Waals surface area contributed by atoms with Gasteiger partial charge in [-0.05, 0) is 6.92 Å². The lowest BCUT2D eigenvalue weighted by molar-refractivity contribution is 1.63. The molecule has 0 aromatic carbocycles. The molecule has 0 aromatic heterocycles. The third-order valence-corrected chi connectivity index (χ3v) is 0.302. The Bertz CT molecular complexity index is 98.9. The summed E-state index contributed by atoms with van der Waals surface area (Å²) in [6.07, 6.45) is 0. The van der Waals surface area contributed by atoms with Gasteiger partial charge in [-0.3, -0.25) is 0 Å². The molecule has 0 saturated carbocycles. The van der Waals surface area contributed by atoms with Crippen molar-refractivity contribution in [3.05, 3.63) is 19.1 Å². The molecular formula is C6H7+. The first kappa shape index (κ1) is 5.17. The minimum atomic E-state index is 0.866. The van der Waals surface area contributed by atoms with Gasteiger partial charge in [-0.2, -0.15) is 0 Å². The maximum atomic E-state index is 3.53. The van der Waals surface area contributed by atoms with Crippen LogP contribution in [0, 0.1) is 18.8 Å². The zero-order valence-corrected chi connectivity index (χ0v) is 3.91. The second-order valence-corrected chi connectivity index (χ2v) is 1.08. The van der Waals surface area contributed by atoms with Crippen LogP contribution in [0.5, 0.6) is 0 Å². The van der Waals surface area contributed by atoms with Crippen molar-refractivity contribution in [1.82, 2.24) is 0 Å². The molecule has 30 valence electrons. The third kappa shape index (κ3) is 3.17. The summed E-state index contributed by atoms with van der Waals surface area (Å²) in [4.78, 5) is 0. The van der Waals surface area contributed by atoms with Gasteiger partial charge in [0.2, 0.25) is 0 Å². The fourth-order valence-corrected chi connectivity index (χ4v) is 0.151. The molecule has 0 atom stereocenters. The Labute approximate surface area is 38.9 Å². The Morgan fingerprint density at radius 2 is 2.33 bits per heavy atom. The molecule has 0 bridgehead atoms. The van der Waals surface area contributed by atoms with E-state index in [2.05, 4.69) is 25.3 Å². The van der Waals surface area contributed by atoms with Crippen molar-refractivity contribution in [2.45, 2.75) is 6.92 Å². The van der Waals surface area contributed by atoms with E-state index in [-0.39, 0.29) is 0 Å². The molecule has 0 fully saturated rings. The van der Waals surface area contributed by atoms with E-state index in [0.717, 1.165) is 5.57 Å². The van der Waals surface area contributed by atoms with Crippen molar-refractivity contribution in [3.8, 4) is 11.8 Å². The average Bonchev–Trinajstić information content (AvgIpc) is 1.35. The second-order valence-electron chi connectivity index (χ2n) is 1.08. The highest BCUT2D eigenvalue weighted by Gasteiger charge is 1.74. The molecule has 0 aliphatic carbocycles. The fourth-order valence-electron chi connectivity index (χ4n) is 0.151. The maximum absolute atomic E-state index is 3.53. The van der Waals surface area contributed by atoms with E-state index < -0.39 is 0 Å². The molecule has 0 aliphatic rings. The highest BCUT2D eigenvalue weighted by molar-refractivity contribution is 5.23. The van der Waals surface area contributed by atoms with Gasteiger partial charge in [-0.15, -0.1) is 0 Å². The average molecular weight is 79.1 g/mol. The van der Waals surface area contributed by atoms with Gasteiger partial charge in [0.25, 0.3) is 0 Å². The zero-order valence-electron chi connectivity index (χ0n) is 3.91. The monoisotopic (exact) mass is 79.1 g/mol. The van der Waals surface area contributed by atoms with Crippen LogP contribution in [0.25, 0.3) is 0 Å². The molecule has 6 heavy (non-hydrogen) atoms. The maximum Gasteiger partial charge on any atom is 0.154 e. The SMILES string of the molecule is C=C(C)C#C[CH2+]. The largest absolute Gasteiger partial charge is 0.154 e. The van der Waals surface area contributed by atoms with Crippen molar-refractivity contribution >= 4 is 0 Å². The molecule has 0 amide bonds. The Kier molecular flexibility index (Phi) is 2.08. The van der Waals surface area contributed by atoms with Gasteiger partial charge < -0.3 is 0 Å². The number of hydrogen-bond donors (Lipinski definition) is 0. The van der Waals surface area contributed by atoms with Crippen molar-refractivity contribution < 1.29 is 0 Å². The van der Waals surface area contributed by atoms with Crippen LogP contribution < -0.4 is 0 Å². The van der Waals surface area contributed by atoms with Crippen molar-refractivity contribution in [3.63, 3.8) is 0 Å². The lowest BCUT2D eigenvalue weighted by Crippen LogP contribution is -1.55. The van der Waals surface area contributed by atoms with Crippen molar-refractivity contribution in [2.75, 3.05) is 0 Å². The molecule has 0 aromatic rings. The van der Waals surface area contributed by atoms with Gasteiger partial charge in [-0.25, -0.2) is 0 Å². The molecule has 0 saturated heterocycles. The third-order valence-electron chi connectivity index (χ3n) is 0.302. The van der Waals surface area contributed by atoms with E-state index in [1.807, 2.05) is 6.92 Å². The predicted molar refractivity (Wildman–Crippen MR) is 27.9 cm³/mol. The summed E-state index contributed by atoms with van der Waals surface area (Å²) in [6, 6.07) is 0. The quantitative estimate of drug-likeness (QED) is 0.304. The van der Waals surface area contributed by atoms with Crippen LogP contribution in [-0.2, 0) is 0 Å². The van der Waals surface area contributed by atoms with Gasteiger partial charge in [0.1, 0.15) is 5.92 Å². The van der Waals surface area contributed by atoms with Gasteiger partial charge in [0, 0.05) is 0 Å². The second kappa shape index (κ2) is 2.41. The molecule has 0 nitrogen and oxygen atoms in total. The van der Waals surface area contributed by atoms with E-state index >= 15 is 0 Å². The molecule has 0 aliphatic heterocycles. The fraction of sp³-hybridized carbons (Fsp3) is 0.167.